The number of rotatable bonds is 5. The van der Waals surface area contributed by atoms with Crippen molar-refractivity contribution in [3.8, 4) is 0 Å². The molecular formula is C17H22N2O2. The smallest absolute Gasteiger partial charge is 0.306 e. The van der Waals surface area contributed by atoms with Crippen LogP contribution in [0.15, 0.2) is 24.3 Å². The average Bonchev–Trinajstić information content (AvgIpc) is 2.69. The first kappa shape index (κ1) is 15.3. The third-order valence-electron chi connectivity index (χ3n) is 3.92. The van der Waals surface area contributed by atoms with Gasteiger partial charge < -0.3 is 5.11 Å². The summed E-state index contributed by atoms with van der Waals surface area (Å²) < 4.78 is 1.96. The van der Waals surface area contributed by atoms with E-state index in [1.54, 1.807) is 6.92 Å². The molecule has 0 amide bonds. The van der Waals surface area contributed by atoms with Crippen molar-refractivity contribution in [1.82, 2.24) is 9.78 Å². The number of aliphatic carboxylic acids is 1. The van der Waals surface area contributed by atoms with Gasteiger partial charge in [-0.05, 0) is 38.3 Å². The fraction of sp³-hybridized carbons (Fsp3) is 0.412. The molecule has 112 valence electrons. The third-order valence-corrected chi connectivity index (χ3v) is 3.92. The number of carbonyl (C=O) groups is 1. The lowest BCUT2D eigenvalue weighted by atomic mass is 10.00. The van der Waals surface area contributed by atoms with Gasteiger partial charge in [-0.2, -0.15) is 5.10 Å². The Morgan fingerprint density at radius 2 is 1.86 bits per heavy atom. The first-order valence-electron chi connectivity index (χ1n) is 7.19. The number of hydrogen-bond donors (Lipinski definition) is 1. The van der Waals surface area contributed by atoms with Gasteiger partial charge in [0.2, 0.25) is 0 Å². The van der Waals surface area contributed by atoms with E-state index in [-0.39, 0.29) is 5.92 Å². The normalized spacial score (nSPS) is 12.4. The minimum Gasteiger partial charge on any atom is -0.481 e. The summed E-state index contributed by atoms with van der Waals surface area (Å²) in [5, 5.41) is 13.6. The number of carboxylic acids is 1. The van der Waals surface area contributed by atoms with Crippen LogP contribution in [0.3, 0.4) is 0 Å². The molecule has 1 unspecified atom stereocenters. The fourth-order valence-electron chi connectivity index (χ4n) is 2.44. The van der Waals surface area contributed by atoms with E-state index in [4.69, 9.17) is 5.11 Å². The lowest BCUT2D eigenvalue weighted by molar-refractivity contribution is -0.141. The molecule has 0 radical (unpaired) electrons. The Labute approximate surface area is 125 Å². The van der Waals surface area contributed by atoms with E-state index >= 15 is 0 Å². The van der Waals surface area contributed by atoms with E-state index in [0.29, 0.717) is 13.0 Å². The van der Waals surface area contributed by atoms with Crippen LogP contribution in [-0.4, -0.2) is 20.9 Å². The lowest BCUT2D eigenvalue weighted by Crippen LogP contribution is -2.13. The van der Waals surface area contributed by atoms with Gasteiger partial charge in [-0.1, -0.05) is 36.8 Å². The van der Waals surface area contributed by atoms with Crippen LogP contribution < -0.4 is 0 Å². The number of hydrogen-bond acceptors (Lipinski definition) is 2. The quantitative estimate of drug-likeness (QED) is 0.918. The average molecular weight is 286 g/mol. The highest BCUT2D eigenvalue weighted by Gasteiger charge is 2.18. The zero-order chi connectivity index (χ0) is 15.6. The van der Waals surface area contributed by atoms with Crippen LogP contribution in [0.4, 0.5) is 0 Å². The maximum absolute atomic E-state index is 11.0. The molecule has 21 heavy (non-hydrogen) atoms. The van der Waals surface area contributed by atoms with E-state index in [9.17, 15) is 4.79 Å². The van der Waals surface area contributed by atoms with Gasteiger partial charge in [0.05, 0.1) is 18.2 Å². The monoisotopic (exact) mass is 286 g/mol. The number of benzene rings is 1. The Morgan fingerprint density at radius 1 is 1.24 bits per heavy atom. The molecule has 1 heterocycles. The van der Waals surface area contributed by atoms with Gasteiger partial charge in [0.25, 0.3) is 0 Å². The van der Waals surface area contributed by atoms with Crippen molar-refractivity contribution >= 4 is 5.97 Å². The van der Waals surface area contributed by atoms with Crippen molar-refractivity contribution in [3.63, 3.8) is 0 Å². The number of aryl methyl sites for hydroxylation is 2. The SMILES string of the molecule is Cc1ccc(Cn2nc(C)c(CC(C)C(=O)O)c2C)cc1. The first-order valence-corrected chi connectivity index (χ1v) is 7.19. The Balaban J connectivity index is 2.22. The molecule has 4 heteroatoms. The second-order valence-electron chi connectivity index (χ2n) is 5.74. The molecule has 1 atom stereocenters. The van der Waals surface area contributed by atoms with Gasteiger partial charge in [-0.3, -0.25) is 9.48 Å². The van der Waals surface area contributed by atoms with Crippen molar-refractivity contribution in [3.05, 3.63) is 52.3 Å². The number of aromatic nitrogens is 2. The summed E-state index contributed by atoms with van der Waals surface area (Å²) in [5.74, 6) is -1.15. The molecule has 0 aliphatic rings. The summed E-state index contributed by atoms with van der Waals surface area (Å²) in [6.07, 6.45) is 0.529. The van der Waals surface area contributed by atoms with Crippen LogP contribution in [0.2, 0.25) is 0 Å². The van der Waals surface area contributed by atoms with Gasteiger partial charge in [-0.15, -0.1) is 0 Å². The molecule has 2 rings (SSSR count). The molecule has 0 aliphatic heterocycles. The lowest BCUT2D eigenvalue weighted by Gasteiger charge is -2.08. The Hall–Kier alpha value is -2.10. The van der Waals surface area contributed by atoms with E-state index in [1.165, 1.54) is 11.1 Å². The zero-order valence-electron chi connectivity index (χ0n) is 13.1. The van der Waals surface area contributed by atoms with Gasteiger partial charge in [-0.25, -0.2) is 0 Å². The highest BCUT2D eigenvalue weighted by Crippen LogP contribution is 2.19. The second kappa shape index (κ2) is 6.12. The molecule has 1 aromatic carbocycles. The molecule has 1 aromatic heterocycles. The fourth-order valence-corrected chi connectivity index (χ4v) is 2.44. The predicted octanol–water partition coefficient (Wildman–Crippen LogP) is 3.12. The molecular weight excluding hydrogens is 264 g/mol. The Kier molecular flexibility index (Phi) is 4.46. The van der Waals surface area contributed by atoms with Crippen molar-refractivity contribution in [2.45, 2.75) is 40.7 Å². The van der Waals surface area contributed by atoms with Gasteiger partial charge >= 0.3 is 5.97 Å². The van der Waals surface area contributed by atoms with Crippen molar-refractivity contribution < 1.29 is 9.90 Å². The van der Waals surface area contributed by atoms with Crippen molar-refractivity contribution in [1.29, 1.82) is 0 Å². The summed E-state index contributed by atoms with van der Waals surface area (Å²) in [4.78, 5) is 11.0. The van der Waals surface area contributed by atoms with Crippen LogP contribution in [-0.2, 0) is 17.8 Å². The summed E-state index contributed by atoms with van der Waals surface area (Å²) in [5.41, 5.74) is 5.47. The molecule has 1 N–H and O–H groups in total. The summed E-state index contributed by atoms with van der Waals surface area (Å²) in [6.45, 7) is 8.48. The Bertz CT molecular complexity index is 642. The van der Waals surface area contributed by atoms with Gasteiger partial charge in [0.1, 0.15) is 0 Å². The third kappa shape index (κ3) is 3.51. The summed E-state index contributed by atoms with van der Waals surface area (Å²) >= 11 is 0. The standard InChI is InChI=1S/C17H22N2O2/c1-11-5-7-15(8-6-11)10-19-14(4)16(13(3)18-19)9-12(2)17(20)21/h5-8,12H,9-10H2,1-4H3,(H,20,21). The summed E-state index contributed by atoms with van der Waals surface area (Å²) in [7, 11) is 0. The first-order chi connectivity index (χ1) is 9.88. The molecule has 0 aliphatic carbocycles. The van der Waals surface area contributed by atoms with Crippen LogP contribution in [0.25, 0.3) is 0 Å². The largest absolute Gasteiger partial charge is 0.481 e. The minimum absolute atomic E-state index is 0.389. The van der Waals surface area contributed by atoms with Crippen LogP contribution >= 0.6 is 0 Å². The van der Waals surface area contributed by atoms with Crippen LogP contribution in [0, 0.1) is 26.7 Å². The van der Waals surface area contributed by atoms with E-state index in [0.717, 1.165) is 17.0 Å². The molecule has 2 aromatic rings. The van der Waals surface area contributed by atoms with Crippen LogP contribution in [0.1, 0.15) is 35.0 Å². The molecule has 0 saturated carbocycles. The maximum Gasteiger partial charge on any atom is 0.306 e. The molecule has 0 spiro atoms. The van der Waals surface area contributed by atoms with Crippen LogP contribution in [0.5, 0.6) is 0 Å². The molecule has 4 nitrogen and oxygen atoms in total. The highest BCUT2D eigenvalue weighted by molar-refractivity contribution is 5.70. The molecule has 0 saturated heterocycles. The molecule has 0 fully saturated rings. The number of carboxylic acid groups (broad SMARTS) is 1. The molecule has 0 bridgehead atoms. The zero-order valence-corrected chi connectivity index (χ0v) is 13.1. The van der Waals surface area contributed by atoms with Crippen molar-refractivity contribution in [2.75, 3.05) is 0 Å². The highest BCUT2D eigenvalue weighted by atomic mass is 16.4. The summed E-state index contributed by atoms with van der Waals surface area (Å²) in [6, 6.07) is 8.39. The van der Waals surface area contributed by atoms with Crippen molar-refractivity contribution in [2.24, 2.45) is 5.92 Å². The topological polar surface area (TPSA) is 55.1 Å². The van der Waals surface area contributed by atoms with Gasteiger partial charge in [0, 0.05) is 5.69 Å². The predicted molar refractivity (Wildman–Crippen MR) is 82.5 cm³/mol. The Morgan fingerprint density at radius 3 is 2.43 bits per heavy atom. The number of nitrogens with zero attached hydrogens (tertiary/aromatic N) is 2. The van der Waals surface area contributed by atoms with E-state index in [1.807, 2.05) is 18.5 Å². The van der Waals surface area contributed by atoms with E-state index < -0.39 is 5.97 Å². The van der Waals surface area contributed by atoms with E-state index in [2.05, 4.69) is 36.3 Å². The maximum atomic E-state index is 11.0. The van der Waals surface area contributed by atoms with Gasteiger partial charge in [0.15, 0.2) is 0 Å². The second-order valence-corrected chi connectivity index (χ2v) is 5.74. The minimum atomic E-state index is -0.764.